The number of benzene rings is 2. The van der Waals surface area contributed by atoms with Gasteiger partial charge in [0.1, 0.15) is 0 Å². The molecule has 2 aromatic carbocycles. The quantitative estimate of drug-likeness (QED) is 0.737. The van der Waals surface area contributed by atoms with Crippen LogP contribution in [0.3, 0.4) is 0 Å². The minimum Gasteiger partial charge on any atom is -0.493 e. The van der Waals surface area contributed by atoms with Crippen LogP contribution in [0.2, 0.25) is 5.02 Å². The average molecular weight is 451 g/mol. The number of fused-ring (bicyclic) bond motifs is 1. The van der Waals surface area contributed by atoms with Crippen LogP contribution in [0.15, 0.2) is 35.2 Å². The Morgan fingerprint density at radius 3 is 2.37 bits per heavy atom. The number of hydrogen-bond donors (Lipinski definition) is 1. The fraction of sp³-hybridized carbons (Fsp3) is 0.286. The molecule has 0 aromatic heterocycles. The van der Waals surface area contributed by atoms with Gasteiger partial charge >= 0.3 is 0 Å². The number of ether oxygens (including phenoxy) is 2. The van der Waals surface area contributed by atoms with E-state index in [0.29, 0.717) is 44.6 Å². The molecule has 0 radical (unpaired) electrons. The Bertz CT molecular complexity index is 1160. The number of anilines is 2. The molecule has 1 N–H and O–H groups in total. The summed E-state index contributed by atoms with van der Waals surface area (Å²) in [5.41, 5.74) is 2.44. The highest BCUT2D eigenvalue weighted by molar-refractivity contribution is 7.97. The largest absolute Gasteiger partial charge is 0.493 e. The third-order valence-corrected chi connectivity index (χ3v) is 7.52. The maximum atomic E-state index is 13.4. The lowest BCUT2D eigenvalue weighted by Crippen LogP contribution is -2.39. The monoisotopic (exact) mass is 450 g/mol. The summed E-state index contributed by atoms with van der Waals surface area (Å²) in [7, 11) is -1.12. The number of carbonyl (C=O) groups is 1. The third kappa shape index (κ3) is 3.50. The van der Waals surface area contributed by atoms with Crippen molar-refractivity contribution in [1.82, 2.24) is 0 Å². The van der Waals surface area contributed by atoms with E-state index in [1.54, 1.807) is 51.1 Å². The Balaban J connectivity index is 2.20. The number of rotatable bonds is 5. The maximum Gasteiger partial charge on any atom is 0.270 e. The van der Waals surface area contributed by atoms with Gasteiger partial charge in [0.15, 0.2) is 16.4 Å². The molecule has 0 aliphatic carbocycles. The fourth-order valence-corrected chi connectivity index (χ4v) is 5.41. The van der Waals surface area contributed by atoms with Gasteiger partial charge in [0, 0.05) is 28.9 Å². The standard InChI is InChI=1S/C21H23ClN2O5S/c1-6-24-17-11-19(29-5)18(28-4)10-14(17)12(2)20(30(24,26)27)21(25)23-16-9-7-8-15(22)13(16)3/h7-11H,6H2,1-5H3,(H,23,25). The van der Waals surface area contributed by atoms with Gasteiger partial charge in [-0.05, 0) is 50.1 Å². The normalized spacial score (nSPS) is 14.9. The van der Waals surface area contributed by atoms with E-state index < -0.39 is 15.9 Å². The molecule has 160 valence electrons. The van der Waals surface area contributed by atoms with Gasteiger partial charge in [-0.1, -0.05) is 17.7 Å². The van der Waals surface area contributed by atoms with E-state index in [9.17, 15) is 13.2 Å². The van der Waals surface area contributed by atoms with Crippen molar-refractivity contribution in [1.29, 1.82) is 0 Å². The van der Waals surface area contributed by atoms with Crippen LogP contribution in [0.5, 0.6) is 11.5 Å². The molecule has 1 aliphatic rings. The van der Waals surface area contributed by atoms with Crippen molar-refractivity contribution in [2.45, 2.75) is 20.8 Å². The van der Waals surface area contributed by atoms with Gasteiger partial charge in [0.05, 0.1) is 19.9 Å². The van der Waals surface area contributed by atoms with Gasteiger partial charge in [-0.2, -0.15) is 0 Å². The van der Waals surface area contributed by atoms with E-state index >= 15 is 0 Å². The minimum absolute atomic E-state index is 0.144. The molecule has 0 saturated heterocycles. The number of hydrogen-bond acceptors (Lipinski definition) is 5. The average Bonchev–Trinajstić information content (AvgIpc) is 2.70. The van der Waals surface area contributed by atoms with Crippen molar-refractivity contribution in [3.63, 3.8) is 0 Å². The summed E-state index contributed by atoms with van der Waals surface area (Å²) in [5.74, 6) is 0.119. The van der Waals surface area contributed by atoms with Gasteiger partial charge < -0.3 is 14.8 Å². The minimum atomic E-state index is -4.09. The van der Waals surface area contributed by atoms with Gasteiger partial charge in [0.25, 0.3) is 15.9 Å². The van der Waals surface area contributed by atoms with Crippen LogP contribution in [0.4, 0.5) is 11.4 Å². The van der Waals surface area contributed by atoms with E-state index in [1.165, 1.54) is 18.5 Å². The molecule has 1 amide bonds. The molecule has 3 rings (SSSR count). The second-order valence-electron chi connectivity index (χ2n) is 6.71. The second kappa shape index (κ2) is 8.20. The van der Waals surface area contributed by atoms with Crippen LogP contribution in [0.1, 0.15) is 25.0 Å². The summed E-state index contributed by atoms with van der Waals surface area (Å²) in [6, 6.07) is 8.34. The molecular weight excluding hydrogens is 428 g/mol. The van der Waals surface area contributed by atoms with Crippen LogP contribution in [-0.4, -0.2) is 35.1 Å². The summed E-state index contributed by atoms with van der Waals surface area (Å²) in [6.07, 6.45) is 0. The lowest BCUT2D eigenvalue weighted by Gasteiger charge is -2.32. The molecule has 0 bridgehead atoms. The summed E-state index contributed by atoms with van der Waals surface area (Å²) in [5, 5.41) is 3.16. The molecule has 0 unspecified atom stereocenters. The van der Waals surface area contributed by atoms with E-state index in [1.807, 2.05) is 0 Å². The number of nitrogens with one attached hydrogen (secondary N) is 1. The van der Waals surface area contributed by atoms with Crippen molar-refractivity contribution in [2.24, 2.45) is 0 Å². The Morgan fingerprint density at radius 2 is 1.77 bits per heavy atom. The second-order valence-corrected chi connectivity index (χ2v) is 8.92. The highest BCUT2D eigenvalue weighted by Gasteiger charge is 2.39. The number of sulfonamides is 1. The molecule has 7 nitrogen and oxygen atoms in total. The van der Waals surface area contributed by atoms with E-state index in [-0.39, 0.29) is 11.4 Å². The van der Waals surface area contributed by atoms with E-state index in [4.69, 9.17) is 21.1 Å². The fourth-order valence-electron chi connectivity index (χ4n) is 3.48. The molecule has 1 heterocycles. The number of carbonyl (C=O) groups excluding carboxylic acids is 1. The topological polar surface area (TPSA) is 84.9 Å². The number of nitrogens with zero attached hydrogens (tertiary/aromatic N) is 1. The highest BCUT2D eigenvalue weighted by Crippen LogP contribution is 2.45. The Kier molecular flexibility index (Phi) is 6.01. The van der Waals surface area contributed by atoms with E-state index in [2.05, 4.69) is 5.32 Å². The van der Waals surface area contributed by atoms with Gasteiger partial charge in [0.2, 0.25) is 0 Å². The zero-order valence-electron chi connectivity index (χ0n) is 17.4. The van der Waals surface area contributed by atoms with E-state index in [0.717, 1.165) is 0 Å². The van der Waals surface area contributed by atoms with Crippen LogP contribution >= 0.6 is 11.6 Å². The zero-order chi connectivity index (χ0) is 22.2. The zero-order valence-corrected chi connectivity index (χ0v) is 18.9. The first-order valence-corrected chi connectivity index (χ1v) is 11.1. The molecule has 0 atom stereocenters. The van der Waals surface area contributed by atoms with Gasteiger partial charge in [-0.15, -0.1) is 0 Å². The smallest absolute Gasteiger partial charge is 0.270 e. The van der Waals surface area contributed by atoms with Crippen molar-refractivity contribution in [3.05, 3.63) is 51.4 Å². The maximum absolute atomic E-state index is 13.4. The molecule has 0 spiro atoms. The van der Waals surface area contributed by atoms with Crippen molar-refractivity contribution in [2.75, 3.05) is 30.4 Å². The summed E-state index contributed by atoms with van der Waals surface area (Å²) < 4.78 is 38.6. The lowest BCUT2D eigenvalue weighted by atomic mass is 10.0. The number of halogens is 1. The molecule has 30 heavy (non-hydrogen) atoms. The van der Waals surface area contributed by atoms with Crippen molar-refractivity contribution >= 4 is 44.5 Å². The predicted molar refractivity (Wildman–Crippen MR) is 119 cm³/mol. The van der Waals surface area contributed by atoms with Gasteiger partial charge in [-0.25, -0.2) is 8.42 Å². The Hall–Kier alpha value is -2.71. The molecule has 0 fully saturated rings. The van der Waals surface area contributed by atoms with Crippen molar-refractivity contribution < 1.29 is 22.7 Å². The molecule has 1 aliphatic heterocycles. The van der Waals surface area contributed by atoms with Gasteiger partial charge in [-0.3, -0.25) is 9.10 Å². The molecule has 9 heteroatoms. The molecule has 2 aromatic rings. The number of methoxy groups -OCH3 is 2. The summed E-state index contributed by atoms with van der Waals surface area (Å²) >= 11 is 6.13. The SMILES string of the molecule is CCN1c2cc(OC)c(OC)cc2C(C)=C(C(=O)Nc2cccc(Cl)c2C)S1(=O)=O. The number of amides is 1. The van der Waals surface area contributed by atoms with Crippen molar-refractivity contribution in [3.8, 4) is 11.5 Å². The first kappa shape index (κ1) is 22.0. The van der Waals surface area contributed by atoms with Crippen LogP contribution in [0, 0.1) is 6.92 Å². The molecule has 0 saturated carbocycles. The van der Waals surface area contributed by atoms with Crippen LogP contribution < -0.4 is 19.1 Å². The Morgan fingerprint density at radius 1 is 1.13 bits per heavy atom. The predicted octanol–water partition coefficient (Wildman–Crippen LogP) is 4.21. The summed E-state index contributed by atoms with van der Waals surface area (Å²) in [4.78, 5) is 12.8. The third-order valence-electron chi connectivity index (χ3n) is 5.07. The lowest BCUT2D eigenvalue weighted by molar-refractivity contribution is -0.112. The summed E-state index contributed by atoms with van der Waals surface area (Å²) in [6.45, 7) is 5.20. The van der Waals surface area contributed by atoms with Crippen LogP contribution in [-0.2, 0) is 14.8 Å². The highest BCUT2D eigenvalue weighted by atomic mass is 35.5. The number of allylic oxidation sites excluding steroid dienone is 1. The van der Waals surface area contributed by atoms with Crippen LogP contribution in [0.25, 0.3) is 5.57 Å². The first-order valence-electron chi connectivity index (χ1n) is 9.23. The molecular formula is C21H23ClN2O5S. The first-order chi connectivity index (χ1) is 14.2. The Labute approximate surface area is 181 Å².